The fourth-order valence-electron chi connectivity index (χ4n) is 4.14. The molecule has 168 valence electrons. The smallest absolute Gasteiger partial charge is 0.365 e. The van der Waals surface area contributed by atoms with Crippen LogP contribution in [0.1, 0.15) is 31.7 Å². The Kier molecular flexibility index (Phi) is 4.94. The van der Waals surface area contributed by atoms with Crippen LogP contribution in [0.5, 0.6) is 5.75 Å². The van der Waals surface area contributed by atoms with Gasteiger partial charge in [-0.05, 0) is 38.0 Å². The number of benzene rings is 1. The van der Waals surface area contributed by atoms with Gasteiger partial charge in [-0.15, -0.1) is 0 Å². The molecule has 2 aromatic heterocycles. The van der Waals surface area contributed by atoms with Gasteiger partial charge < -0.3 is 9.84 Å². The van der Waals surface area contributed by atoms with Crippen LogP contribution >= 0.6 is 11.9 Å². The molecule has 2 aliphatic rings. The second kappa shape index (κ2) is 7.56. The topological polar surface area (TPSA) is 90.3 Å². The van der Waals surface area contributed by atoms with Crippen LogP contribution in [-0.2, 0) is 13.6 Å². The molecule has 2 aliphatic heterocycles. The van der Waals surface area contributed by atoms with Gasteiger partial charge in [-0.1, -0.05) is 12.1 Å². The van der Waals surface area contributed by atoms with Crippen molar-refractivity contribution < 1.29 is 9.84 Å². The van der Waals surface area contributed by atoms with Crippen molar-refractivity contribution >= 4 is 17.5 Å². The van der Waals surface area contributed by atoms with E-state index in [0.29, 0.717) is 25.5 Å². The van der Waals surface area contributed by atoms with E-state index in [9.17, 15) is 9.90 Å². The van der Waals surface area contributed by atoms with E-state index in [2.05, 4.69) is 22.3 Å². The third-order valence-corrected chi connectivity index (χ3v) is 6.71. The van der Waals surface area contributed by atoms with Crippen molar-refractivity contribution in [2.24, 2.45) is 7.05 Å². The first-order valence-electron chi connectivity index (χ1n) is 10.5. The Bertz CT molecular complexity index is 1280. The van der Waals surface area contributed by atoms with Crippen LogP contribution in [0.2, 0.25) is 0 Å². The van der Waals surface area contributed by atoms with Crippen LogP contribution in [0.15, 0.2) is 40.3 Å². The zero-order valence-electron chi connectivity index (χ0n) is 18.6. The Balaban J connectivity index is 1.44. The Labute approximate surface area is 190 Å². The van der Waals surface area contributed by atoms with Crippen molar-refractivity contribution in [3.63, 3.8) is 0 Å². The maximum atomic E-state index is 12.5. The van der Waals surface area contributed by atoms with Crippen LogP contribution < -0.4 is 14.8 Å². The normalized spacial score (nSPS) is 16.1. The zero-order chi connectivity index (χ0) is 22.6. The molecule has 1 N–H and O–H groups in total. The minimum atomic E-state index is -0.830. The number of rotatable bonds is 4. The number of nitrogens with zero attached hydrogens (tertiary/aromatic N) is 6. The summed E-state index contributed by atoms with van der Waals surface area (Å²) in [5.41, 5.74) is 3.24. The van der Waals surface area contributed by atoms with Crippen molar-refractivity contribution in [3.8, 4) is 16.9 Å². The van der Waals surface area contributed by atoms with Gasteiger partial charge in [0.1, 0.15) is 5.75 Å². The lowest BCUT2D eigenvalue weighted by atomic mass is 10.00. The van der Waals surface area contributed by atoms with E-state index in [1.165, 1.54) is 15.2 Å². The molecular formula is C22H26N6O3S. The summed E-state index contributed by atoms with van der Waals surface area (Å²) in [6.45, 7) is 6.97. The minimum absolute atomic E-state index is 0.150. The van der Waals surface area contributed by atoms with Gasteiger partial charge in [0.15, 0.2) is 5.82 Å². The first-order chi connectivity index (χ1) is 15.2. The molecule has 1 aromatic carbocycles. The molecule has 4 heterocycles. The highest BCUT2D eigenvalue weighted by atomic mass is 32.2. The van der Waals surface area contributed by atoms with Crippen LogP contribution in [0.25, 0.3) is 16.7 Å². The Morgan fingerprint density at radius 3 is 2.81 bits per heavy atom. The Morgan fingerprint density at radius 1 is 1.28 bits per heavy atom. The average molecular weight is 455 g/mol. The molecule has 0 unspecified atom stereocenters. The summed E-state index contributed by atoms with van der Waals surface area (Å²) in [5, 5.41) is 18.7. The Hall–Kier alpha value is -2.98. The van der Waals surface area contributed by atoms with Crippen molar-refractivity contribution in [2.75, 3.05) is 17.6 Å². The first kappa shape index (κ1) is 20.9. The number of aliphatic hydroxyl groups is 1. The van der Waals surface area contributed by atoms with E-state index in [0.717, 1.165) is 28.9 Å². The zero-order valence-corrected chi connectivity index (χ0v) is 19.4. The summed E-state index contributed by atoms with van der Waals surface area (Å²) in [6.07, 6.45) is 4.53. The van der Waals surface area contributed by atoms with E-state index in [1.807, 2.05) is 23.6 Å². The summed E-state index contributed by atoms with van der Waals surface area (Å²) in [6, 6.07) is 6.20. The molecule has 32 heavy (non-hydrogen) atoms. The molecule has 0 saturated heterocycles. The van der Waals surface area contributed by atoms with Gasteiger partial charge in [0, 0.05) is 47.6 Å². The lowest BCUT2D eigenvalue weighted by molar-refractivity contribution is 0.0577. The second-order valence-corrected chi connectivity index (χ2v) is 9.91. The van der Waals surface area contributed by atoms with E-state index >= 15 is 0 Å². The highest BCUT2D eigenvalue weighted by Crippen LogP contribution is 2.44. The summed E-state index contributed by atoms with van der Waals surface area (Å²) in [7, 11) is 1.67. The van der Waals surface area contributed by atoms with Gasteiger partial charge in [-0.3, -0.25) is 4.68 Å². The van der Waals surface area contributed by atoms with Crippen LogP contribution in [0.3, 0.4) is 0 Å². The van der Waals surface area contributed by atoms with E-state index < -0.39 is 5.60 Å². The van der Waals surface area contributed by atoms with Gasteiger partial charge in [0.05, 0.1) is 31.5 Å². The van der Waals surface area contributed by atoms with Crippen LogP contribution in [0.4, 0.5) is 0 Å². The highest BCUT2D eigenvalue weighted by Gasteiger charge is 2.31. The Morgan fingerprint density at radius 2 is 2.09 bits per heavy atom. The molecular weight excluding hydrogens is 428 g/mol. The quantitative estimate of drug-likeness (QED) is 0.605. The predicted octanol–water partition coefficient (Wildman–Crippen LogP) is 2.32. The van der Waals surface area contributed by atoms with Gasteiger partial charge in [-0.2, -0.15) is 14.9 Å². The number of fused-ring (bicyclic) bond motifs is 2. The third-order valence-electron chi connectivity index (χ3n) is 5.54. The molecule has 0 bridgehead atoms. The van der Waals surface area contributed by atoms with Gasteiger partial charge in [0.25, 0.3) is 0 Å². The lowest BCUT2D eigenvalue weighted by Gasteiger charge is -2.19. The van der Waals surface area contributed by atoms with Gasteiger partial charge in [0.2, 0.25) is 0 Å². The van der Waals surface area contributed by atoms with Crippen LogP contribution in [-0.4, -0.2) is 48.1 Å². The summed E-state index contributed by atoms with van der Waals surface area (Å²) in [5.74, 6) is 1.50. The van der Waals surface area contributed by atoms with Gasteiger partial charge in [-0.25, -0.2) is 13.9 Å². The van der Waals surface area contributed by atoms with Crippen molar-refractivity contribution in [2.45, 2.75) is 39.3 Å². The van der Waals surface area contributed by atoms with Crippen LogP contribution in [0, 0.1) is 6.92 Å². The summed E-state index contributed by atoms with van der Waals surface area (Å²) < 4.78 is 12.8. The molecule has 0 amide bonds. The van der Waals surface area contributed by atoms with Crippen molar-refractivity contribution in [1.29, 1.82) is 0 Å². The maximum Gasteiger partial charge on any atom is 0.365 e. The number of hydrogen-bond donors (Lipinski definition) is 1. The minimum Gasteiger partial charge on any atom is -0.493 e. The fraction of sp³-hybridized carbons (Fsp3) is 0.409. The molecule has 0 atom stereocenters. The number of ether oxygens (including phenoxy) is 1. The summed E-state index contributed by atoms with van der Waals surface area (Å²) in [4.78, 5) is 13.7. The predicted molar refractivity (Wildman–Crippen MR) is 124 cm³/mol. The molecule has 5 rings (SSSR count). The standard InChI is InChI=1S/C22H26N6O3S/c1-14-24-25(4)21(29)28(14)27-12-18-17-6-5-15(9-19(17)31-8-7-20(18)32-27)16-10-23-26(11-16)13-22(2,3)30/h5-6,9-11,30H,7-8,12-13H2,1-4H3. The van der Waals surface area contributed by atoms with Crippen molar-refractivity contribution in [1.82, 2.24) is 24.2 Å². The van der Waals surface area contributed by atoms with E-state index in [1.54, 1.807) is 48.4 Å². The summed E-state index contributed by atoms with van der Waals surface area (Å²) >= 11 is 1.58. The maximum absolute atomic E-state index is 12.5. The second-order valence-electron chi connectivity index (χ2n) is 8.82. The molecule has 0 saturated carbocycles. The molecule has 0 aliphatic carbocycles. The average Bonchev–Trinajstić information content (AvgIpc) is 3.37. The SMILES string of the molecule is Cc1nn(C)c(=O)n1N1CC2=C(CCOc3cc(-c4cnn(CC(C)(C)O)c4)ccc32)S1. The van der Waals surface area contributed by atoms with Crippen molar-refractivity contribution in [3.05, 3.63) is 57.4 Å². The largest absolute Gasteiger partial charge is 0.493 e. The number of hydrogen-bond acceptors (Lipinski definition) is 7. The molecule has 0 spiro atoms. The fourth-order valence-corrected chi connectivity index (χ4v) is 5.31. The van der Waals surface area contributed by atoms with Gasteiger partial charge >= 0.3 is 5.69 Å². The van der Waals surface area contributed by atoms with E-state index in [-0.39, 0.29) is 5.69 Å². The van der Waals surface area contributed by atoms with E-state index in [4.69, 9.17) is 4.74 Å². The molecule has 3 aromatic rings. The monoisotopic (exact) mass is 454 g/mol. The number of aromatic nitrogens is 5. The molecule has 0 fully saturated rings. The molecule has 9 nitrogen and oxygen atoms in total. The molecule has 10 heteroatoms. The molecule has 0 radical (unpaired) electrons. The third kappa shape index (κ3) is 3.73. The number of aryl methyl sites for hydroxylation is 2. The highest BCUT2D eigenvalue weighted by molar-refractivity contribution is 8.04. The lowest BCUT2D eigenvalue weighted by Crippen LogP contribution is -2.37. The first-order valence-corrected chi connectivity index (χ1v) is 11.3.